The van der Waals surface area contributed by atoms with E-state index in [-0.39, 0.29) is 5.82 Å². The maximum absolute atomic E-state index is 14.1. The summed E-state index contributed by atoms with van der Waals surface area (Å²) < 4.78 is 14.1. The van der Waals surface area contributed by atoms with E-state index in [0.29, 0.717) is 12.6 Å². The minimum absolute atomic E-state index is 0.0917. The van der Waals surface area contributed by atoms with E-state index in [4.69, 9.17) is 0 Å². The van der Waals surface area contributed by atoms with Gasteiger partial charge in [-0.1, -0.05) is 25.8 Å². The maximum Gasteiger partial charge on any atom is 0.129 e. The highest BCUT2D eigenvalue weighted by atomic mass is 19.1. The van der Waals surface area contributed by atoms with Gasteiger partial charge in [0.2, 0.25) is 0 Å². The summed E-state index contributed by atoms with van der Waals surface area (Å²) in [5.74, 6) is -0.0917. The quantitative estimate of drug-likeness (QED) is 0.892. The normalized spacial score (nSPS) is 20.4. The van der Waals surface area contributed by atoms with Crippen molar-refractivity contribution >= 4 is 5.69 Å². The zero-order chi connectivity index (χ0) is 13.7. The van der Waals surface area contributed by atoms with Crippen molar-refractivity contribution in [1.29, 1.82) is 0 Å². The molecule has 1 fully saturated rings. The van der Waals surface area contributed by atoms with Crippen LogP contribution in [0.25, 0.3) is 0 Å². The Labute approximate surface area is 116 Å². The topological polar surface area (TPSA) is 15.3 Å². The third kappa shape index (κ3) is 3.27. The minimum Gasteiger partial charge on any atom is -0.368 e. The standard InChI is InChI=1S/C16H25FN2/c1-3-13-8-5-4-6-11-19(13)16-10-7-9-15(17)14(16)12-18-2/h7,9-10,13,18H,3-6,8,11-12H2,1-2H3. The van der Waals surface area contributed by atoms with Gasteiger partial charge in [-0.3, -0.25) is 0 Å². The van der Waals surface area contributed by atoms with Crippen LogP contribution in [0, 0.1) is 5.82 Å². The number of nitrogens with one attached hydrogen (secondary N) is 1. The lowest BCUT2D eigenvalue weighted by molar-refractivity contribution is 0.548. The molecule has 1 aromatic carbocycles. The molecular weight excluding hydrogens is 239 g/mol. The Hall–Kier alpha value is -1.09. The van der Waals surface area contributed by atoms with Crippen molar-refractivity contribution in [3.8, 4) is 0 Å². The van der Waals surface area contributed by atoms with Crippen LogP contribution in [0.4, 0.5) is 10.1 Å². The van der Waals surface area contributed by atoms with Crippen molar-refractivity contribution in [3.63, 3.8) is 0 Å². The van der Waals surface area contributed by atoms with Crippen LogP contribution < -0.4 is 10.2 Å². The molecule has 1 heterocycles. The molecule has 0 bridgehead atoms. The molecule has 1 unspecified atom stereocenters. The van der Waals surface area contributed by atoms with Gasteiger partial charge in [0.15, 0.2) is 0 Å². The van der Waals surface area contributed by atoms with E-state index in [0.717, 1.165) is 24.2 Å². The molecule has 1 aromatic rings. The first kappa shape index (κ1) is 14.3. The van der Waals surface area contributed by atoms with Gasteiger partial charge in [-0.25, -0.2) is 4.39 Å². The van der Waals surface area contributed by atoms with Crippen LogP contribution in [0.2, 0.25) is 0 Å². The fourth-order valence-electron chi connectivity index (χ4n) is 3.09. The number of benzene rings is 1. The summed E-state index contributed by atoms with van der Waals surface area (Å²) in [5, 5.41) is 3.09. The van der Waals surface area contributed by atoms with Crippen LogP contribution >= 0.6 is 0 Å². The van der Waals surface area contributed by atoms with Gasteiger partial charge >= 0.3 is 0 Å². The van der Waals surface area contributed by atoms with E-state index < -0.39 is 0 Å². The Morgan fingerprint density at radius 2 is 2.16 bits per heavy atom. The lowest BCUT2D eigenvalue weighted by Crippen LogP contribution is -2.35. The summed E-state index contributed by atoms with van der Waals surface area (Å²) >= 11 is 0. The number of hydrogen-bond donors (Lipinski definition) is 1. The molecule has 1 atom stereocenters. The van der Waals surface area contributed by atoms with Gasteiger partial charge in [-0.2, -0.15) is 0 Å². The molecular formula is C16H25FN2. The third-order valence-corrected chi connectivity index (χ3v) is 4.11. The molecule has 19 heavy (non-hydrogen) atoms. The van der Waals surface area contributed by atoms with E-state index in [1.54, 1.807) is 6.07 Å². The molecule has 1 aliphatic heterocycles. The van der Waals surface area contributed by atoms with Gasteiger partial charge in [0, 0.05) is 30.4 Å². The molecule has 0 spiro atoms. The molecule has 2 rings (SSSR count). The maximum atomic E-state index is 14.1. The first-order chi connectivity index (χ1) is 9.27. The Balaban J connectivity index is 2.34. The molecule has 0 aromatic heterocycles. The first-order valence-electron chi connectivity index (χ1n) is 7.46. The minimum atomic E-state index is -0.0917. The van der Waals surface area contributed by atoms with Gasteiger partial charge in [0.25, 0.3) is 0 Å². The number of anilines is 1. The lowest BCUT2D eigenvalue weighted by atomic mass is 10.0. The summed E-state index contributed by atoms with van der Waals surface area (Å²) in [7, 11) is 1.87. The van der Waals surface area contributed by atoms with E-state index in [1.165, 1.54) is 25.7 Å². The second kappa shape index (κ2) is 6.90. The van der Waals surface area contributed by atoms with Crippen molar-refractivity contribution < 1.29 is 4.39 Å². The highest BCUT2D eigenvalue weighted by Crippen LogP contribution is 2.30. The van der Waals surface area contributed by atoms with Crippen LogP contribution in [0.15, 0.2) is 18.2 Å². The van der Waals surface area contributed by atoms with E-state index >= 15 is 0 Å². The lowest BCUT2D eigenvalue weighted by Gasteiger charge is -2.33. The molecule has 106 valence electrons. The molecule has 0 saturated carbocycles. The Morgan fingerprint density at radius 1 is 1.32 bits per heavy atom. The molecule has 3 heteroatoms. The molecule has 1 N–H and O–H groups in total. The largest absolute Gasteiger partial charge is 0.368 e. The smallest absolute Gasteiger partial charge is 0.129 e. The van der Waals surface area contributed by atoms with Crippen molar-refractivity contribution in [3.05, 3.63) is 29.6 Å². The Kier molecular flexibility index (Phi) is 5.20. The van der Waals surface area contributed by atoms with Crippen LogP contribution in [0.5, 0.6) is 0 Å². The third-order valence-electron chi connectivity index (χ3n) is 4.11. The highest BCUT2D eigenvalue weighted by Gasteiger charge is 2.22. The van der Waals surface area contributed by atoms with E-state index in [2.05, 4.69) is 23.2 Å². The summed E-state index contributed by atoms with van der Waals surface area (Å²) in [6, 6.07) is 6.03. The second-order valence-corrected chi connectivity index (χ2v) is 5.37. The zero-order valence-corrected chi connectivity index (χ0v) is 12.1. The number of halogens is 1. The van der Waals surface area contributed by atoms with Crippen LogP contribution in [-0.2, 0) is 6.54 Å². The van der Waals surface area contributed by atoms with Crippen LogP contribution in [-0.4, -0.2) is 19.6 Å². The molecule has 2 nitrogen and oxygen atoms in total. The molecule has 1 aliphatic rings. The van der Waals surface area contributed by atoms with Gasteiger partial charge < -0.3 is 10.2 Å². The predicted molar refractivity (Wildman–Crippen MR) is 79.1 cm³/mol. The summed E-state index contributed by atoms with van der Waals surface area (Å²) in [5.41, 5.74) is 1.90. The van der Waals surface area contributed by atoms with Crippen molar-refractivity contribution in [2.24, 2.45) is 0 Å². The first-order valence-corrected chi connectivity index (χ1v) is 7.46. The van der Waals surface area contributed by atoms with Crippen molar-refractivity contribution in [2.75, 3.05) is 18.5 Å². The number of nitrogens with zero attached hydrogens (tertiary/aromatic N) is 1. The van der Waals surface area contributed by atoms with Gasteiger partial charge in [0.1, 0.15) is 5.82 Å². The molecule has 0 radical (unpaired) electrons. The van der Waals surface area contributed by atoms with Gasteiger partial charge in [-0.15, -0.1) is 0 Å². The van der Waals surface area contributed by atoms with Crippen molar-refractivity contribution in [1.82, 2.24) is 5.32 Å². The van der Waals surface area contributed by atoms with Gasteiger partial charge in [0.05, 0.1) is 0 Å². The average molecular weight is 264 g/mol. The van der Waals surface area contributed by atoms with Crippen LogP contribution in [0.3, 0.4) is 0 Å². The summed E-state index contributed by atoms with van der Waals surface area (Å²) in [4.78, 5) is 2.43. The zero-order valence-electron chi connectivity index (χ0n) is 12.1. The number of rotatable bonds is 4. The SMILES string of the molecule is CCC1CCCCCN1c1cccc(F)c1CNC. The fourth-order valence-corrected chi connectivity index (χ4v) is 3.09. The second-order valence-electron chi connectivity index (χ2n) is 5.37. The molecule has 1 saturated heterocycles. The summed E-state index contributed by atoms with van der Waals surface area (Å²) in [6.07, 6.45) is 6.17. The highest BCUT2D eigenvalue weighted by molar-refractivity contribution is 5.55. The number of hydrogen-bond acceptors (Lipinski definition) is 2. The molecule has 0 amide bonds. The summed E-state index contributed by atoms with van der Waals surface area (Å²) in [6.45, 7) is 3.88. The average Bonchev–Trinajstić information content (AvgIpc) is 2.66. The van der Waals surface area contributed by atoms with E-state index in [1.807, 2.05) is 13.1 Å². The van der Waals surface area contributed by atoms with Crippen molar-refractivity contribution in [2.45, 2.75) is 51.6 Å². The Bertz CT molecular complexity index is 406. The predicted octanol–water partition coefficient (Wildman–Crippen LogP) is 3.70. The van der Waals surface area contributed by atoms with Gasteiger partial charge in [-0.05, 0) is 38.4 Å². The monoisotopic (exact) mass is 264 g/mol. The van der Waals surface area contributed by atoms with E-state index in [9.17, 15) is 4.39 Å². The fraction of sp³-hybridized carbons (Fsp3) is 0.625. The Morgan fingerprint density at radius 3 is 2.89 bits per heavy atom. The van der Waals surface area contributed by atoms with Crippen LogP contribution in [0.1, 0.15) is 44.6 Å². The molecule has 0 aliphatic carbocycles.